The summed E-state index contributed by atoms with van der Waals surface area (Å²) < 4.78 is 1.22. The number of carbonyl (C=O) groups is 1. The van der Waals surface area contributed by atoms with Crippen molar-refractivity contribution >= 4 is 27.3 Å². The predicted octanol–water partition coefficient (Wildman–Crippen LogP) is 2.54. The third-order valence-corrected chi connectivity index (χ3v) is 3.69. The first-order valence-electron chi connectivity index (χ1n) is 5.11. The topological polar surface area (TPSA) is 33.2 Å². The molecule has 0 saturated heterocycles. The highest BCUT2D eigenvalue weighted by atomic mass is 32.1. The number of pyridine rings is 1. The van der Waals surface area contributed by atoms with Gasteiger partial charge in [-0.15, -0.1) is 11.3 Å². The molecule has 0 N–H and O–H groups in total. The Hall–Kier alpha value is -1.68. The van der Waals surface area contributed by atoms with Gasteiger partial charge in [0.1, 0.15) is 0 Å². The van der Waals surface area contributed by atoms with Gasteiger partial charge in [-0.3, -0.25) is 9.78 Å². The third kappa shape index (κ3) is 1.61. The van der Waals surface area contributed by atoms with Crippen LogP contribution in [0.1, 0.15) is 11.3 Å². The van der Waals surface area contributed by atoms with Crippen LogP contribution in [0.15, 0.2) is 36.8 Å². The Morgan fingerprint density at radius 2 is 2.44 bits per heavy atom. The number of rotatable bonds is 2. The smallest absolute Gasteiger partial charge is 0.230 e. The Balaban J connectivity index is 1.89. The molecule has 1 amide bonds. The number of fused-ring (bicyclic) bond motifs is 1. The van der Waals surface area contributed by atoms with Crippen molar-refractivity contribution in [3.63, 3.8) is 0 Å². The quantitative estimate of drug-likeness (QED) is 0.794. The first-order chi connectivity index (χ1) is 7.83. The van der Waals surface area contributed by atoms with E-state index >= 15 is 0 Å². The summed E-state index contributed by atoms with van der Waals surface area (Å²) in [5.74, 6) is 0.176. The van der Waals surface area contributed by atoms with Gasteiger partial charge in [-0.25, -0.2) is 0 Å². The van der Waals surface area contributed by atoms with Gasteiger partial charge in [-0.2, -0.15) is 0 Å². The molecule has 1 aliphatic heterocycles. The third-order valence-electron chi connectivity index (χ3n) is 2.59. The maximum absolute atomic E-state index is 11.4. The van der Waals surface area contributed by atoms with Crippen LogP contribution in [0.5, 0.6) is 0 Å². The van der Waals surface area contributed by atoms with Crippen LogP contribution >= 0.6 is 11.3 Å². The first kappa shape index (κ1) is 9.54. The van der Waals surface area contributed by atoms with Crippen molar-refractivity contribution in [3.8, 4) is 0 Å². The molecule has 0 radical (unpaired) electrons. The van der Waals surface area contributed by atoms with Crippen LogP contribution in [0.3, 0.4) is 0 Å². The van der Waals surface area contributed by atoms with Crippen LogP contribution in [-0.4, -0.2) is 15.8 Å². The number of amides is 1. The Kier molecular flexibility index (Phi) is 2.22. The summed E-state index contributed by atoms with van der Waals surface area (Å²) in [5.41, 5.74) is 0. The van der Waals surface area contributed by atoms with Crippen molar-refractivity contribution in [2.24, 2.45) is 0 Å². The molecule has 0 aromatic carbocycles. The summed E-state index contributed by atoms with van der Waals surface area (Å²) >= 11 is 1.72. The van der Waals surface area contributed by atoms with Crippen molar-refractivity contribution < 1.29 is 4.79 Å². The number of thiophene rings is 1. The fourth-order valence-electron chi connectivity index (χ4n) is 1.81. The number of hydrogen-bond donors (Lipinski definition) is 0. The molecule has 3 rings (SSSR count). The van der Waals surface area contributed by atoms with E-state index in [0.29, 0.717) is 13.0 Å². The zero-order chi connectivity index (χ0) is 11.0. The Labute approximate surface area is 97.0 Å². The molecule has 1 aliphatic rings. The summed E-state index contributed by atoms with van der Waals surface area (Å²) in [5, 5.41) is 1.15. The zero-order valence-electron chi connectivity index (χ0n) is 8.59. The van der Waals surface area contributed by atoms with E-state index in [2.05, 4.69) is 11.1 Å². The monoisotopic (exact) mass is 230 g/mol. The maximum atomic E-state index is 11.4. The molecule has 3 heterocycles. The molecule has 0 atom stereocenters. The van der Waals surface area contributed by atoms with Gasteiger partial charge in [0.15, 0.2) is 0 Å². The van der Waals surface area contributed by atoms with Gasteiger partial charge in [0.2, 0.25) is 5.91 Å². The normalized spacial score (nSPS) is 15.2. The Bertz CT molecular complexity index is 540. The molecule has 0 spiro atoms. The molecule has 0 bridgehead atoms. The number of aromatic nitrogens is 1. The predicted molar refractivity (Wildman–Crippen MR) is 63.9 cm³/mol. The van der Waals surface area contributed by atoms with E-state index in [4.69, 9.17) is 0 Å². The minimum atomic E-state index is 0.176. The van der Waals surface area contributed by atoms with Crippen LogP contribution in [-0.2, 0) is 11.3 Å². The number of hydrogen-bond acceptors (Lipinski definition) is 3. The van der Waals surface area contributed by atoms with Gasteiger partial charge < -0.3 is 4.90 Å². The molecule has 4 heteroatoms. The van der Waals surface area contributed by atoms with Crippen LogP contribution in [0.25, 0.3) is 10.1 Å². The highest BCUT2D eigenvalue weighted by Gasteiger charge is 2.15. The molecule has 0 fully saturated rings. The lowest BCUT2D eigenvalue weighted by atomic mass is 10.3. The minimum Gasteiger partial charge on any atom is -0.314 e. The van der Waals surface area contributed by atoms with E-state index in [9.17, 15) is 4.79 Å². The van der Waals surface area contributed by atoms with E-state index in [1.807, 2.05) is 24.5 Å². The fraction of sp³-hybridized carbons (Fsp3) is 0.167. The summed E-state index contributed by atoms with van der Waals surface area (Å²) in [6.45, 7) is 0.675. The van der Waals surface area contributed by atoms with Gasteiger partial charge in [-0.1, -0.05) is 6.08 Å². The molecule has 3 nitrogen and oxygen atoms in total. The van der Waals surface area contributed by atoms with E-state index < -0.39 is 0 Å². The molecule has 0 saturated carbocycles. The van der Waals surface area contributed by atoms with Crippen molar-refractivity contribution in [2.75, 3.05) is 0 Å². The molecular weight excluding hydrogens is 220 g/mol. The van der Waals surface area contributed by atoms with E-state index in [1.54, 1.807) is 22.4 Å². The van der Waals surface area contributed by atoms with Crippen molar-refractivity contribution in [1.29, 1.82) is 0 Å². The zero-order valence-corrected chi connectivity index (χ0v) is 9.41. The summed E-state index contributed by atoms with van der Waals surface area (Å²) in [7, 11) is 0. The molecular formula is C12H10N2OS. The lowest BCUT2D eigenvalue weighted by Crippen LogP contribution is -2.19. The van der Waals surface area contributed by atoms with E-state index in [1.165, 1.54) is 9.58 Å². The highest BCUT2D eigenvalue weighted by Crippen LogP contribution is 2.26. The van der Waals surface area contributed by atoms with Crippen molar-refractivity contribution in [1.82, 2.24) is 9.88 Å². The van der Waals surface area contributed by atoms with Crippen LogP contribution < -0.4 is 0 Å². The van der Waals surface area contributed by atoms with E-state index in [-0.39, 0.29) is 5.91 Å². The molecule has 16 heavy (non-hydrogen) atoms. The standard InChI is InChI=1S/C12H10N2OS/c15-12-2-1-5-14(12)8-10-6-9-7-13-4-3-11(9)16-10/h1,3-7H,2,8H2. The molecule has 2 aromatic rings. The SMILES string of the molecule is O=C1CC=CN1Cc1cc2cnccc2s1. The highest BCUT2D eigenvalue weighted by molar-refractivity contribution is 7.19. The maximum Gasteiger partial charge on any atom is 0.230 e. The lowest BCUT2D eigenvalue weighted by molar-refractivity contribution is -0.127. The Morgan fingerprint density at radius 1 is 1.50 bits per heavy atom. The van der Waals surface area contributed by atoms with Gasteiger partial charge >= 0.3 is 0 Å². The molecule has 2 aromatic heterocycles. The van der Waals surface area contributed by atoms with Crippen molar-refractivity contribution in [3.05, 3.63) is 41.7 Å². The average Bonchev–Trinajstić information content (AvgIpc) is 2.85. The van der Waals surface area contributed by atoms with E-state index in [0.717, 1.165) is 5.39 Å². The van der Waals surface area contributed by atoms with Gasteiger partial charge in [0, 0.05) is 40.0 Å². The molecule has 0 unspecified atom stereocenters. The van der Waals surface area contributed by atoms with Crippen LogP contribution in [0.4, 0.5) is 0 Å². The summed E-state index contributed by atoms with van der Waals surface area (Å²) in [4.78, 5) is 18.5. The second kappa shape index (κ2) is 3.72. The average molecular weight is 230 g/mol. The Morgan fingerprint density at radius 3 is 3.19 bits per heavy atom. The summed E-state index contributed by atoms with van der Waals surface area (Å²) in [6.07, 6.45) is 7.95. The lowest BCUT2D eigenvalue weighted by Gasteiger charge is -2.11. The van der Waals surface area contributed by atoms with Gasteiger partial charge in [-0.05, 0) is 12.1 Å². The van der Waals surface area contributed by atoms with Crippen LogP contribution in [0.2, 0.25) is 0 Å². The number of carbonyl (C=O) groups excluding carboxylic acids is 1. The largest absolute Gasteiger partial charge is 0.314 e. The second-order valence-electron chi connectivity index (χ2n) is 3.74. The molecule has 0 aliphatic carbocycles. The number of nitrogens with zero attached hydrogens (tertiary/aromatic N) is 2. The summed E-state index contributed by atoms with van der Waals surface area (Å²) in [6, 6.07) is 4.11. The van der Waals surface area contributed by atoms with Gasteiger partial charge in [0.05, 0.1) is 6.54 Å². The first-order valence-corrected chi connectivity index (χ1v) is 5.93. The molecule has 80 valence electrons. The van der Waals surface area contributed by atoms with Crippen molar-refractivity contribution in [2.45, 2.75) is 13.0 Å². The van der Waals surface area contributed by atoms with Crippen LogP contribution in [0, 0.1) is 0 Å². The second-order valence-corrected chi connectivity index (χ2v) is 4.91. The fourth-order valence-corrected chi connectivity index (χ4v) is 2.84. The minimum absolute atomic E-state index is 0.176. The van der Waals surface area contributed by atoms with Gasteiger partial charge in [0.25, 0.3) is 0 Å².